The lowest BCUT2D eigenvalue weighted by molar-refractivity contribution is 0.471. The van der Waals surface area contributed by atoms with Crippen molar-refractivity contribution in [2.24, 2.45) is 0 Å². The van der Waals surface area contributed by atoms with E-state index >= 15 is 0 Å². The summed E-state index contributed by atoms with van der Waals surface area (Å²) >= 11 is 0. The Bertz CT molecular complexity index is 542. The van der Waals surface area contributed by atoms with Gasteiger partial charge < -0.3 is 9.73 Å². The zero-order valence-corrected chi connectivity index (χ0v) is 9.11. The molecule has 0 spiro atoms. The van der Waals surface area contributed by atoms with Gasteiger partial charge in [0.05, 0.1) is 6.54 Å². The molecule has 1 aromatic heterocycles. The minimum absolute atomic E-state index is 0.225. The number of rotatable bonds is 4. The molecule has 1 heterocycles. The topological polar surface area (TPSA) is 49.0 Å². The van der Waals surface area contributed by atoms with Crippen molar-refractivity contribution in [1.29, 1.82) is 5.26 Å². The highest BCUT2D eigenvalue weighted by molar-refractivity contribution is 5.19. The minimum atomic E-state index is -0.225. The van der Waals surface area contributed by atoms with Crippen molar-refractivity contribution in [3.8, 4) is 6.07 Å². The van der Waals surface area contributed by atoms with Crippen LogP contribution in [0.4, 0.5) is 4.39 Å². The smallest absolute Gasteiger partial charge is 0.203 e. The Morgan fingerprint density at radius 2 is 2.00 bits per heavy atom. The second-order valence-electron chi connectivity index (χ2n) is 3.57. The fraction of sp³-hybridized carbons (Fsp3) is 0.154. The number of nitriles is 1. The first kappa shape index (κ1) is 11.4. The molecule has 2 rings (SSSR count). The first-order chi connectivity index (χ1) is 8.29. The van der Waals surface area contributed by atoms with Crippen LogP contribution in [-0.2, 0) is 13.1 Å². The van der Waals surface area contributed by atoms with E-state index < -0.39 is 0 Å². The molecule has 17 heavy (non-hydrogen) atoms. The highest BCUT2D eigenvalue weighted by atomic mass is 19.1. The number of furan rings is 1. The van der Waals surface area contributed by atoms with Crippen LogP contribution in [0.15, 0.2) is 40.8 Å². The van der Waals surface area contributed by atoms with Crippen LogP contribution in [0.5, 0.6) is 0 Å². The third-order valence-corrected chi connectivity index (χ3v) is 2.34. The molecular weight excluding hydrogens is 219 g/mol. The molecule has 3 nitrogen and oxygen atoms in total. The maximum atomic E-state index is 13.3. The summed E-state index contributed by atoms with van der Waals surface area (Å²) in [6, 6.07) is 11.9. The Labute approximate surface area is 98.5 Å². The molecule has 0 atom stereocenters. The second-order valence-corrected chi connectivity index (χ2v) is 3.57. The van der Waals surface area contributed by atoms with Crippen molar-refractivity contribution in [3.63, 3.8) is 0 Å². The highest BCUT2D eigenvalue weighted by Gasteiger charge is 2.02. The lowest BCUT2D eigenvalue weighted by Gasteiger charge is -2.03. The summed E-state index contributed by atoms with van der Waals surface area (Å²) in [4.78, 5) is 0. The maximum absolute atomic E-state index is 13.3. The monoisotopic (exact) mass is 230 g/mol. The van der Waals surface area contributed by atoms with E-state index in [-0.39, 0.29) is 11.6 Å². The van der Waals surface area contributed by atoms with E-state index in [1.54, 1.807) is 30.3 Å². The van der Waals surface area contributed by atoms with E-state index in [0.717, 1.165) is 0 Å². The van der Waals surface area contributed by atoms with Crippen LogP contribution in [0.3, 0.4) is 0 Å². The van der Waals surface area contributed by atoms with Gasteiger partial charge in [-0.3, -0.25) is 0 Å². The molecule has 0 fully saturated rings. The molecule has 0 unspecified atom stereocenters. The molecule has 2 aromatic rings. The molecule has 1 aromatic carbocycles. The number of hydrogen-bond acceptors (Lipinski definition) is 3. The largest absolute Gasteiger partial charge is 0.449 e. The maximum Gasteiger partial charge on any atom is 0.203 e. The molecule has 0 saturated heterocycles. The Balaban J connectivity index is 1.88. The van der Waals surface area contributed by atoms with E-state index in [2.05, 4.69) is 5.32 Å². The van der Waals surface area contributed by atoms with Crippen LogP contribution >= 0.6 is 0 Å². The van der Waals surface area contributed by atoms with Crippen LogP contribution in [0.2, 0.25) is 0 Å². The summed E-state index contributed by atoms with van der Waals surface area (Å²) in [5.41, 5.74) is 0.611. The van der Waals surface area contributed by atoms with Gasteiger partial charge in [0.1, 0.15) is 17.6 Å². The van der Waals surface area contributed by atoms with Gasteiger partial charge in [0, 0.05) is 12.1 Å². The molecule has 0 saturated carbocycles. The van der Waals surface area contributed by atoms with E-state index in [1.165, 1.54) is 6.07 Å². The van der Waals surface area contributed by atoms with Crippen LogP contribution in [-0.4, -0.2) is 0 Å². The molecule has 0 aliphatic carbocycles. The van der Waals surface area contributed by atoms with Crippen molar-refractivity contribution in [3.05, 3.63) is 59.3 Å². The van der Waals surface area contributed by atoms with Crippen molar-refractivity contribution in [1.82, 2.24) is 5.32 Å². The van der Waals surface area contributed by atoms with E-state index in [0.29, 0.717) is 24.4 Å². The van der Waals surface area contributed by atoms with Crippen LogP contribution < -0.4 is 5.32 Å². The summed E-state index contributed by atoms with van der Waals surface area (Å²) in [5.74, 6) is 0.725. The molecule has 1 N–H and O–H groups in total. The molecule has 0 bridgehead atoms. The van der Waals surface area contributed by atoms with Crippen molar-refractivity contribution in [2.45, 2.75) is 13.1 Å². The lowest BCUT2D eigenvalue weighted by Crippen LogP contribution is -2.13. The lowest BCUT2D eigenvalue weighted by atomic mass is 10.2. The highest BCUT2D eigenvalue weighted by Crippen LogP contribution is 2.08. The van der Waals surface area contributed by atoms with Crippen molar-refractivity contribution >= 4 is 0 Å². The SMILES string of the molecule is N#Cc1ccc(CNCc2ccccc2F)o1. The van der Waals surface area contributed by atoms with Gasteiger partial charge in [-0.2, -0.15) is 5.26 Å². The van der Waals surface area contributed by atoms with Gasteiger partial charge >= 0.3 is 0 Å². The number of nitrogens with zero attached hydrogens (tertiary/aromatic N) is 1. The Morgan fingerprint density at radius 1 is 1.18 bits per heavy atom. The molecule has 0 aliphatic rings. The summed E-state index contributed by atoms with van der Waals surface area (Å²) < 4.78 is 18.5. The summed E-state index contributed by atoms with van der Waals surface area (Å²) in [6.45, 7) is 0.894. The van der Waals surface area contributed by atoms with Crippen LogP contribution in [0, 0.1) is 17.1 Å². The average Bonchev–Trinajstić information content (AvgIpc) is 2.80. The normalized spacial score (nSPS) is 10.1. The van der Waals surface area contributed by atoms with Gasteiger partial charge in [-0.25, -0.2) is 4.39 Å². The molecule has 0 aliphatic heterocycles. The quantitative estimate of drug-likeness (QED) is 0.878. The zero-order valence-electron chi connectivity index (χ0n) is 9.11. The molecule has 86 valence electrons. The molecule has 4 heteroatoms. The third kappa shape index (κ3) is 2.92. The van der Waals surface area contributed by atoms with Gasteiger partial charge in [0.25, 0.3) is 0 Å². The van der Waals surface area contributed by atoms with Gasteiger partial charge in [-0.15, -0.1) is 0 Å². The van der Waals surface area contributed by atoms with Gasteiger partial charge in [0.2, 0.25) is 5.76 Å². The van der Waals surface area contributed by atoms with E-state index in [1.807, 2.05) is 6.07 Å². The Hall–Kier alpha value is -2.12. The fourth-order valence-electron chi connectivity index (χ4n) is 1.50. The van der Waals surface area contributed by atoms with Gasteiger partial charge in [-0.1, -0.05) is 18.2 Å². The van der Waals surface area contributed by atoms with Gasteiger partial charge in [-0.05, 0) is 18.2 Å². The van der Waals surface area contributed by atoms with Crippen molar-refractivity contribution in [2.75, 3.05) is 0 Å². The number of halogens is 1. The van der Waals surface area contributed by atoms with Gasteiger partial charge in [0.15, 0.2) is 0 Å². The predicted octanol–water partition coefficient (Wildman–Crippen LogP) is 2.58. The standard InChI is InChI=1S/C13H11FN2O/c14-13-4-2-1-3-10(13)8-16-9-12-6-5-11(7-15)17-12/h1-6,16H,8-9H2. The van der Waals surface area contributed by atoms with Crippen molar-refractivity contribution < 1.29 is 8.81 Å². The Morgan fingerprint density at radius 3 is 2.71 bits per heavy atom. The number of nitrogens with one attached hydrogen (secondary N) is 1. The molecule has 0 amide bonds. The van der Waals surface area contributed by atoms with Crippen LogP contribution in [0.25, 0.3) is 0 Å². The summed E-state index contributed by atoms with van der Waals surface area (Å²) in [7, 11) is 0. The first-order valence-corrected chi connectivity index (χ1v) is 5.22. The van der Waals surface area contributed by atoms with Crippen LogP contribution in [0.1, 0.15) is 17.1 Å². The van der Waals surface area contributed by atoms with E-state index in [4.69, 9.17) is 9.68 Å². The average molecular weight is 230 g/mol. The fourth-order valence-corrected chi connectivity index (χ4v) is 1.50. The number of benzene rings is 1. The third-order valence-electron chi connectivity index (χ3n) is 2.34. The predicted molar refractivity (Wildman–Crippen MR) is 60.4 cm³/mol. The first-order valence-electron chi connectivity index (χ1n) is 5.22. The van der Waals surface area contributed by atoms with E-state index in [9.17, 15) is 4.39 Å². The molecule has 0 radical (unpaired) electrons. The number of hydrogen-bond donors (Lipinski definition) is 1. The zero-order chi connectivity index (χ0) is 12.1. The summed E-state index contributed by atoms with van der Waals surface area (Å²) in [5, 5.41) is 11.6. The molecular formula is C13H11FN2O. The Kier molecular flexibility index (Phi) is 3.53. The summed E-state index contributed by atoms with van der Waals surface area (Å²) in [6.07, 6.45) is 0. The minimum Gasteiger partial charge on any atom is -0.449 e. The second kappa shape index (κ2) is 5.28.